The molecule has 0 aliphatic heterocycles. The minimum atomic E-state index is -0.304. The number of fused-ring (bicyclic) bond motifs is 1. The number of ether oxygens (including phenoxy) is 1. The summed E-state index contributed by atoms with van der Waals surface area (Å²) in [5.41, 5.74) is 3.16. The molecule has 3 nitrogen and oxygen atoms in total. The highest BCUT2D eigenvalue weighted by Crippen LogP contribution is 2.41. The molecule has 0 aliphatic rings. The number of hydrogen-bond donors (Lipinski definition) is 1. The lowest BCUT2D eigenvalue weighted by Gasteiger charge is -2.26. The van der Waals surface area contributed by atoms with Crippen molar-refractivity contribution in [1.82, 2.24) is 5.32 Å². The summed E-state index contributed by atoms with van der Waals surface area (Å²) in [6, 6.07) is 18.6. The van der Waals surface area contributed by atoms with E-state index in [-0.39, 0.29) is 16.9 Å². The maximum Gasteiger partial charge on any atom is 0.251 e. The number of carbonyl (C=O) groups excluding carboxylic acids is 1. The molecule has 3 rings (SSSR count). The summed E-state index contributed by atoms with van der Waals surface area (Å²) in [4.78, 5) is 13.0. The van der Waals surface area contributed by atoms with Crippen LogP contribution in [0.2, 0.25) is 0 Å². The van der Waals surface area contributed by atoms with Crippen molar-refractivity contribution in [2.45, 2.75) is 52.5 Å². The average molecular weight is 390 g/mol. The second kappa shape index (κ2) is 7.55. The van der Waals surface area contributed by atoms with Gasteiger partial charge in [-0.25, -0.2) is 0 Å². The first-order valence-corrected chi connectivity index (χ1v) is 10.0. The van der Waals surface area contributed by atoms with Crippen LogP contribution < -0.4 is 10.1 Å². The third-order valence-corrected chi connectivity index (χ3v) is 4.91. The van der Waals surface area contributed by atoms with Crippen molar-refractivity contribution in [3.05, 3.63) is 65.7 Å². The zero-order valence-corrected chi connectivity index (χ0v) is 18.5. The molecule has 0 saturated heterocycles. The fourth-order valence-electron chi connectivity index (χ4n) is 3.52. The van der Waals surface area contributed by atoms with E-state index in [1.54, 1.807) is 7.11 Å². The van der Waals surface area contributed by atoms with E-state index in [9.17, 15) is 4.79 Å². The van der Waals surface area contributed by atoms with Crippen LogP contribution in [0.15, 0.2) is 54.6 Å². The number of amides is 1. The van der Waals surface area contributed by atoms with E-state index < -0.39 is 0 Å². The van der Waals surface area contributed by atoms with Gasteiger partial charge in [-0.1, -0.05) is 57.2 Å². The molecule has 0 fully saturated rings. The normalized spacial score (nSPS) is 12.1. The highest BCUT2D eigenvalue weighted by Gasteiger charge is 2.26. The molecule has 0 radical (unpaired) electrons. The van der Waals surface area contributed by atoms with E-state index >= 15 is 0 Å². The second-order valence-corrected chi connectivity index (χ2v) is 9.62. The fraction of sp³-hybridized carbons (Fsp3) is 0.346. The topological polar surface area (TPSA) is 38.3 Å². The van der Waals surface area contributed by atoms with Gasteiger partial charge in [0.05, 0.1) is 7.11 Å². The molecule has 1 N–H and O–H groups in total. The zero-order valence-electron chi connectivity index (χ0n) is 18.5. The van der Waals surface area contributed by atoms with Gasteiger partial charge in [-0.3, -0.25) is 4.79 Å². The van der Waals surface area contributed by atoms with Crippen molar-refractivity contribution in [3.63, 3.8) is 0 Å². The van der Waals surface area contributed by atoms with Gasteiger partial charge in [0.1, 0.15) is 5.75 Å². The van der Waals surface area contributed by atoms with Crippen LogP contribution in [0.3, 0.4) is 0 Å². The minimum Gasteiger partial charge on any atom is -0.496 e. The van der Waals surface area contributed by atoms with Gasteiger partial charge in [0, 0.05) is 22.2 Å². The summed E-state index contributed by atoms with van der Waals surface area (Å²) in [5.74, 6) is 0.743. The van der Waals surface area contributed by atoms with Gasteiger partial charge in [0.2, 0.25) is 0 Å². The van der Waals surface area contributed by atoms with Crippen molar-refractivity contribution < 1.29 is 9.53 Å². The predicted molar refractivity (Wildman–Crippen MR) is 122 cm³/mol. The van der Waals surface area contributed by atoms with Crippen molar-refractivity contribution >= 4 is 16.7 Å². The van der Waals surface area contributed by atoms with Gasteiger partial charge < -0.3 is 10.1 Å². The lowest BCUT2D eigenvalue weighted by atomic mass is 9.82. The summed E-state index contributed by atoms with van der Waals surface area (Å²) >= 11 is 0. The lowest BCUT2D eigenvalue weighted by molar-refractivity contribution is 0.0919. The quantitative estimate of drug-likeness (QED) is 0.567. The number of rotatable bonds is 3. The van der Waals surface area contributed by atoms with Gasteiger partial charge in [-0.15, -0.1) is 0 Å². The van der Waals surface area contributed by atoms with Crippen LogP contribution in [0.1, 0.15) is 57.5 Å². The highest BCUT2D eigenvalue weighted by molar-refractivity contribution is 5.98. The average Bonchev–Trinajstić information content (AvgIpc) is 2.64. The van der Waals surface area contributed by atoms with Gasteiger partial charge in [0.15, 0.2) is 0 Å². The number of methoxy groups -OCH3 is 1. The molecule has 0 atom stereocenters. The van der Waals surface area contributed by atoms with E-state index in [0.717, 1.165) is 27.8 Å². The zero-order chi connectivity index (χ0) is 21.4. The number of hydrogen-bond acceptors (Lipinski definition) is 2. The Labute approximate surface area is 174 Å². The Morgan fingerprint density at radius 2 is 1.52 bits per heavy atom. The Morgan fingerprint density at radius 3 is 2.10 bits per heavy atom. The second-order valence-electron chi connectivity index (χ2n) is 9.62. The Kier molecular flexibility index (Phi) is 5.44. The maximum atomic E-state index is 13.0. The largest absolute Gasteiger partial charge is 0.496 e. The van der Waals surface area contributed by atoms with Crippen LogP contribution in [0.5, 0.6) is 5.75 Å². The molecule has 0 unspecified atom stereocenters. The molecule has 0 aromatic heterocycles. The molecule has 3 aromatic carbocycles. The van der Waals surface area contributed by atoms with Crippen molar-refractivity contribution in [3.8, 4) is 16.9 Å². The molecule has 0 saturated carbocycles. The summed E-state index contributed by atoms with van der Waals surface area (Å²) in [5, 5.41) is 5.43. The van der Waals surface area contributed by atoms with E-state index in [4.69, 9.17) is 4.74 Å². The van der Waals surface area contributed by atoms with Crippen molar-refractivity contribution in [2.75, 3.05) is 7.11 Å². The third kappa shape index (κ3) is 4.61. The van der Waals surface area contributed by atoms with E-state index in [2.05, 4.69) is 56.4 Å². The first-order valence-electron chi connectivity index (χ1n) is 10.0. The number of benzene rings is 3. The van der Waals surface area contributed by atoms with Crippen molar-refractivity contribution in [2.24, 2.45) is 0 Å². The molecule has 0 spiro atoms. The van der Waals surface area contributed by atoms with Gasteiger partial charge >= 0.3 is 0 Å². The molecule has 29 heavy (non-hydrogen) atoms. The minimum absolute atomic E-state index is 0.0762. The summed E-state index contributed by atoms with van der Waals surface area (Å²) in [7, 11) is 1.70. The van der Waals surface area contributed by atoms with Gasteiger partial charge in [-0.2, -0.15) is 0 Å². The first-order chi connectivity index (χ1) is 13.5. The Bertz CT molecular complexity index is 1050. The van der Waals surface area contributed by atoms with E-state index in [1.165, 1.54) is 5.39 Å². The molecule has 0 aliphatic carbocycles. The molecular weight excluding hydrogens is 358 g/mol. The van der Waals surface area contributed by atoms with E-state index in [1.807, 2.05) is 45.0 Å². The number of nitrogens with one attached hydrogen (secondary N) is 1. The third-order valence-electron chi connectivity index (χ3n) is 4.91. The first kappa shape index (κ1) is 20.9. The maximum absolute atomic E-state index is 13.0. The molecule has 3 aromatic rings. The Hall–Kier alpha value is -2.81. The molecule has 0 bridgehead atoms. The fourth-order valence-corrected chi connectivity index (χ4v) is 3.52. The Morgan fingerprint density at radius 1 is 0.862 bits per heavy atom. The molecular formula is C26H31NO2. The lowest BCUT2D eigenvalue weighted by Crippen LogP contribution is -2.40. The van der Waals surface area contributed by atoms with Crippen LogP contribution >= 0.6 is 0 Å². The van der Waals surface area contributed by atoms with Crippen LogP contribution in [-0.2, 0) is 5.41 Å². The van der Waals surface area contributed by atoms with Crippen molar-refractivity contribution in [1.29, 1.82) is 0 Å². The molecule has 152 valence electrons. The number of carbonyl (C=O) groups is 1. The Balaban J connectivity index is 2.25. The van der Waals surface area contributed by atoms with Gasteiger partial charge in [0.25, 0.3) is 5.91 Å². The summed E-state index contributed by atoms with van der Waals surface area (Å²) in [6.07, 6.45) is 0. The van der Waals surface area contributed by atoms with Crippen LogP contribution in [0, 0.1) is 0 Å². The van der Waals surface area contributed by atoms with E-state index in [0.29, 0.717) is 5.56 Å². The highest BCUT2D eigenvalue weighted by atomic mass is 16.5. The molecule has 3 heteroatoms. The van der Waals surface area contributed by atoms with Crippen LogP contribution in [0.25, 0.3) is 21.9 Å². The standard InChI is InChI=1S/C26H31NO2/c1-25(2,3)22-16-20(24(28)27-26(4,5)6)15-21(23(22)29-7)19-13-12-17-10-8-9-11-18(17)14-19/h8-16H,1-7H3,(H,27,28). The summed E-state index contributed by atoms with van der Waals surface area (Å²) < 4.78 is 5.87. The predicted octanol–water partition coefficient (Wildman–Crippen LogP) is 6.34. The summed E-state index contributed by atoms with van der Waals surface area (Å²) in [6.45, 7) is 12.4. The van der Waals surface area contributed by atoms with Crippen LogP contribution in [0.4, 0.5) is 0 Å². The molecule has 0 heterocycles. The molecule has 1 amide bonds. The van der Waals surface area contributed by atoms with Gasteiger partial charge in [-0.05, 0) is 60.7 Å². The monoisotopic (exact) mass is 389 g/mol. The SMILES string of the molecule is COc1c(-c2ccc3ccccc3c2)cc(C(=O)NC(C)(C)C)cc1C(C)(C)C. The smallest absolute Gasteiger partial charge is 0.251 e. The van der Waals surface area contributed by atoms with Crippen LogP contribution in [-0.4, -0.2) is 18.6 Å².